The normalized spacial score (nSPS) is 40.0. The summed E-state index contributed by atoms with van der Waals surface area (Å²) in [5.41, 5.74) is -1.69. The van der Waals surface area contributed by atoms with Crippen LogP contribution in [0.5, 0.6) is 5.75 Å². The molecule has 0 radical (unpaired) electrons. The highest BCUT2D eigenvalue weighted by atomic mass is 16.7. The molecule has 1 aromatic carbocycles. The van der Waals surface area contributed by atoms with E-state index in [-0.39, 0.29) is 0 Å². The molecule has 1 saturated heterocycles. The highest BCUT2D eigenvalue weighted by Gasteiger charge is 2.83. The number of epoxide rings is 1. The third-order valence-corrected chi connectivity index (χ3v) is 5.51. The summed E-state index contributed by atoms with van der Waals surface area (Å²) in [6.07, 6.45) is -3.19. The second-order valence-corrected chi connectivity index (χ2v) is 6.88. The van der Waals surface area contributed by atoms with Gasteiger partial charge in [0.15, 0.2) is 11.6 Å². The minimum Gasteiger partial charge on any atom is -0.497 e. The number of fused-ring (bicyclic) bond motifs is 1. The first-order chi connectivity index (χ1) is 12.4. The molecular weight excluding hydrogens is 342 g/mol. The van der Waals surface area contributed by atoms with Crippen molar-refractivity contribution in [1.29, 1.82) is 0 Å². The van der Waals surface area contributed by atoms with Crippen molar-refractivity contribution in [3.05, 3.63) is 29.8 Å². The molecule has 4 rings (SSSR count). The van der Waals surface area contributed by atoms with Gasteiger partial charge >= 0.3 is 5.97 Å². The van der Waals surface area contributed by atoms with Crippen LogP contribution in [0.1, 0.15) is 19.4 Å². The SMILES string of the molecule is COc1ccc(C2=N[C@@]3([C@H](C)O2)[C@H](OC(C)=O)[C@H]2O[C@@]2(CO)[C@@H]3O)cc1. The van der Waals surface area contributed by atoms with Gasteiger partial charge < -0.3 is 29.2 Å². The van der Waals surface area contributed by atoms with Gasteiger partial charge in [-0.25, -0.2) is 4.99 Å². The molecule has 8 heteroatoms. The summed E-state index contributed by atoms with van der Waals surface area (Å²) in [4.78, 5) is 16.3. The molecule has 0 bridgehead atoms. The average molecular weight is 363 g/mol. The molecule has 1 spiro atoms. The average Bonchev–Trinajstić information content (AvgIpc) is 3.23. The molecule has 0 aromatic heterocycles. The van der Waals surface area contributed by atoms with Gasteiger partial charge in [0.1, 0.15) is 29.7 Å². The fourth-order valence-electron chi connectivity index (χ4n) is 4.08. The van der Waals surface area contributed by atoms with Crippen LogP contribution in [-0.2, 0) is 19.0 Å². The fraction of sp³-hybridized carbons (Fsp3) is 0.556. The van der Waals surface area contributed by atoms with Gasteiger partial charge in [0, 0.05) is 12.5 Å². The predicted molar refractivity (Wildman–Crippen MR) is 89.1 cm³/mol. The second-order valence-electron chi connectivity index (χ2n) is 6.88. The number of rotatable bonds is 4. The summed E-state index contributed by atoms with van der Waals surface area (Å²) >= 11 is 0. The van der Waals surface area contributed by atoms with Crippen molar-refractivity contribution in [2.75, 3.05) is 13.7 Å². The largest absolute Gasteiger partial charge is 0.497 e. The molecule has 6 atom stereocenters. The zero-order valence-corrected chi connectivity index (χ0v) is 14.7. The maximum atomic E-state index is 11.6. The molecule has 2 heterocycles. The fourth-order valence-corrected chi connectivity index (χ4v) is 4.08. The van der Waals surface area contributed by atoms with Crippen LogP contribution in [0.3, 0.4) is 0 Å². The van der Waals surface area contributed by atoms with Crippen molar-refractivity contribution in [1.82, 2.24) is 0 Å². The Morgan fingerprint density at radius 3 is 2.62 bits per heavy atom. The molecule has 2 fully saturated rings. The van der Waals surface area contributed by atoms with Crippen molar-refractivity contribution in [3.8, 4) is 5.75 Å². The molecule has 26 heavy (non-hydrogen) atoms. The number of hydrogen-bond acceptors (Lipinski definition) is 8. The number of hydrogen-bond donors (Lipinski definition) is 2. The molecule has 3 aliphatic rings. The van der Waals surface area contributed by atoms with E-state index in [1.807, 2.05) is 0 Å². The standard InChI is InChI=1S/C18H21NO7/c1-9-18(19-15(24-9)11-4-6-12(23-3)7-5-11)14(25-10(2)21)13-17(8-20,26-13)16(18)22/h4-7,9,13-14,16,20,22H,8H2,1-3H3/t9-,13+,14+,16-,17+,18-/m0/s1. The van der Waals surface area contributed by atoms with Crippen LogP contribution >= 0.6 is 0 Å². The van der Waals surface area contributed by atoms with E-state index in [2.05, 4.69) is 4.99 Å². The Hall–Kier alpha value is -2.16. The first-order valence-corrected chi connectivity index (χ1v) is 8.44. The summed E-state index contributed by atoms with van der Waals surface area (Å²) in [6, 6.07) is 7.15. The maximum absolute atomic E-state index is 11.6. The molecule has 8 nitrogen and oxygen atoms in total. The smallest absolute Gasteiger partial charge is 0.303 e. The number of ether oxygens (including phenoxy) is 4. The zero-order valence-electron chi connectivity index (χ0n) is 14.7. The van der Waals surface area contributed by atoms with Gasteiger partial charge in [-0.3, -0.25) is 4.79 Å². The van der Waals surface area contributed by atoms with Crippen molar-refractivity contribution >= 4 is 11.9 Å². The quantitative estimate of drug-likeness (QED) is 0.574. The lowest BCUT2D eigenvalue weighted by Gasteiger charge is -2.36. The van der Waals surface area contributed by atoms with Gasteiger partial charge in [0.25, 0.3) is 0 Å². The van der Waals surface area contributed by atoms with Crippen LogP contribution < -0.4 is 4.74 Å². The van der Waals surface area contributed by atoms with E-state index in [0.717, 1.165) is 0 Å². The summed E-state index contributed by atoms with van der Waals surface area (Å²) in [6.45, 7) is 2.66. The first kappa shape index (κ1) is 17.3. The molecule has 2 N–H and O–H groups in total. The first-order valence-electron chi connectivity index (χ1n) is 8.44. The van der Waals surface area contributed by atoms with Crippen LogP contribution in [0.15, 0.2) is 29.3 Å². The zero-order chi connectivity index (χ0) is 18.7. The number of carbonyl (C=O) groups is 1. The van der Waals surface area contributed by atoms with E-state index in [9.17, 15) is 15.0 Å². The molecular formula is C18H21NO7. The Morgan fingerprint density at radius 2 is 2.04 bits per heavy atom. The van der Waals surface area contributed by atoms with Gasteiger partial charge in [-0.05, 0) is 31.2 Å². The third kappa shape index (κ3) is 2.12. The van der Waals surface area contributed by atoms with Gasteiger partial charge in [-0.15, -0.1) is 0 Å². The topological polar surface area (TPSA) is 110 Å². The Kier molecular flexibility index (Phi) is 3.76. The van der Waals surface area contributed by atoms with E-state index in [0.29, 0.717) is 17.2 Å². The Labute approximate surface area is 150 Å². The number of aliphatic hydroxyl groups excluding tert-OH is 2. The van der Waals surface area contributed by atoms with E-state index >= 15 is 0 Å². The summed E-state index contributed by atoms with van der Waals surface area (Å²) in [5.74, 6) is 0.527. The Bertz CT molecular complexity index is 763. The predicted octanol–water partition coefficient (Wildman–Crippen LogP) is 0.0354. The van der Waals surface area contributed by atoms with Crippen LogP contribution in [0.25, 0.3) is 0 Å². The van der Waals surface area contributed by atoms with Gasteiger partial charge in [0.2, 0.25) is 5.90 Å². The minimum atomic E-state index is -1.23. The Balaban J connectivity index is 1.74. The molecule has 0 amide bonds. The number of carbonyl (C=O) groups excluding carboxylic acids is 1. The number of methoxy groups -OCH3 is 1. The van der Waals surface area contributed by atoms with Crippen LogP contribution in [0.2, 0.25) is 0 Å². The molecule has 1 aromatic rings. The number of benzene rings is 1. The Morgan fingerprint density at radius 1 is 1.35 bits per heavy atom. The van der Waals surface area contributed by atoms with Gasteiger partial charge in [-0.2, -0.15) is 0 Å². The van der Waals surface area contributed by atoms with E-state index < -0.39 is 48.1 Å². The van der Waals surface area contributed by atoms with Crippen LogP contribution in [-0.4, -0.2) is 71.4 Å². The lowest BCUT2D eigenvalue weighted by atomic mass is 9.85. The number of aliphatic imine (C=N–C) groups is 1. The molecule has 140 valence electrons. The molecule has 2 aliphatic heterocycles. The van der Waals surface area contributed by atoms with Crippen molar-refractivity contribution in [2.45, 2.75) is 49.4 Å². The van der Waals surface area contributed by atoms with E-state index in [1.54, 1.807) is 38.3 Å². The highest BCUT2D eigenvalue weighted by Crippen LogP contribution is 2.59. The van der Waals surface area contributed by atoms with E-state index in [1.165, 1.54) is 6.92 Å². The number of nitrogens with zero attached hydrogens (tertiary/aromatic N) is 1. The van der Waals surface area contributed by atoms with Gasteiger partial charge in [-0.1, -0.05) is 0 Å². The third-order valence-electron chi connectivity index (χ3n) is 5.51. The number of esters is 1. The lowest BCUT2D eigenvalue weighted by molar-refractivity contribution is -0.158. The summed E-state index contributed by atoms with van der Waals surface area (Å²) in [7, 11) is 1.58. The second kappa shape index (κ2) is 5.67. The monoisotopic (exact) mass is 363 g/mol. The molecule has 1 aliphatic carbocycles. The van der Waals surface area contributed by atoms with Crippen molar-refractivity contribution in [3.63, 3.8) is 0 Å². The van der Waals surface area contributed by atoms with Crippen molar-refractivity contribution in [2.24, 2.45) is 4.99 Å². The van der Waals surface area contributed by atoms with E-state index in [4.69, 9.17) is 18.9 Å². The highest BCUT2D eigenvalue weighted by molar-refractivity contribution is 5.96. The molecule has 1 saturated carbocycles. The number of aliphatic hydroxyl groups is 2. The maximum Gasteiger partial charge on any atom is 0.303 e. The lowest BCUT2D eigenvalue weighted by Crippen LogP contribution is -2.57. The van der Waals surface area contributed by atoms with Crippen LogP contribution in [0, 0.1) is 0 Å². The van der Waals surface area contributed by atoms with Gasteiger partial charge in [0.05, 0.1) is 13.7 Å². The van der Waals surface area contributed by atoms with Crippen LogP contribution in [0.4, 0.5) is 0 Å². The minimum absolute atomic E-state index is 0.339. The molecule has 0 unspecified atom stereocenters. The summed E-state index contributed by atoms with van der Waals surface area (Å²) < 4.78 is 22.0. The summed E-state index contributed by atoms with van der Waals surface area (Å²) in [5, 5.41) is 20.7. The van der Waals surface area contributed by atoms with Crippen molar-refractivity contribution < 1.29 is 34.0 Å².